The fourth-order valence-corrected chi connectivity index (χ4v) is 3.57. The zero-order chi connectivity index (χ0) is 20.2. The summed E-state index contributed by atoms with van der Waals surface area (Å²) in [6, 6.07) is 10.3. The number of aromatic nitrogens is 1. The maximum Gasteiger partial charge on any atom is 0.338 e. The molecule has 3 aromatic rings. The summed E-state index contributed by atoms with van der Waals surface area (Å²) in [7, 11) is 0. The molecular weight excluding hydrogens is 372 g/mol. The van der Waals surface area contributed by atoms with Crippen molar-refractivity contribution in [2.45, 2.75) is 32.9 Å². The number of hydrogen-bond acceptors (Lipinski definition) is 7. The Morgan fingerprint density at radius 1 is 1.17 bits per heavy atom. The third kappa shape index (κ3) is 4.19. The van der Waals surface area contributed by atoms with E-state index in [1.54, 1.807) is 43.3 Å². The topological polar surface area (TPSA) is 85.0 Å². The lowest BCUT2D eigenvalue weighted by atomic mass is 10.1. The Morgan fingerprint density at radius 2 is 1.93 bits per heavy atom. The zero-order valence-electron chi connectivity index (χ0n) is 16.4. The second-order valence-corrected chi connectivity index (χ2v) is 7.09. The van der Waals surface area contributed by atoms with Gasteiger partial charge in [-0.1, -0.05) is 5.16 Å². The largest absolute Gasteiger partial charge is 0.507 e. The van der Waals surface area contributed by atoms with Crippen molar-refractivity contribution in [2.24, 2.45) is 0 Å². The first-order chi connectivity index (χ1) is 14.2. The Morgan fingerprint density at radius 3 is 2.66 bits per heavy atom. The molecule has 4 rings (SSSR count). The summed E-state index contributed by atoms with van der Waals surface area (Å²) in [6.07, 6.45) is 2.36. The molecule has 1 saturated heterocycles. The Bertz CT molecular complexity index is 990. The highest BCUT2D eigenvalue weighted by atomic mass is 16.5. The van der Waals surface area contributed by atoms with Gasteiger partial charge in [-0.25, -0.2) is 4.79 Å². The number of hydrogen-bond donors (Lipinski definition) is 1. The lowest BCUT2D eigenvalue weighted by molar-refractivity contribution is 0.0526. The van der Waals surface area contributed by atoms with Crippen molar-refractivity contribution >= 4 is 16.9 Å². The van der Waals surface area contributed by atoms with E-state index in [0.29, 0.717) is 35.7 Å². The summed E-state index contributed by atoms with van der Waals surface area (Å²) in [5, 5.41) is 15.3. The van der Waals surface area contributed by atoms with Crippen molar-refractivity contribution in [1.29, 1.82) is 0 Å². The van der Waals surface area contributed by atoms with Crippen LogP contribution in [-0.4, -0.2) is 40.8 Å². The number of benzene rings is 2. The molecule has 2 aromatic carbocycles. The molecular formula is C22H24N2O5. The van der Waals surface area contributed by atoms with Gasteiger partial charge in [-0.3, -0.25) is 4.90 Å². The van der Waals surface area contributed by atoms with E-state index in [1.807, 2.05) is 0 Å². The molecule has 7 nitrogen and oxygen atoms in total. The highest BCUT2D eigenvalue weighted by Crippen LogP contribution is 2.31. The minimum atomic E-state index is -0.355. The van der Waals surface area contributed by atoms with Crippen molar-refractivity contribution in [2.75, 3.05) is 19.7 Å². The van der Waals surface area contributed by atoms with Gasteiger partial charge in [-0.15, -0.1) is 0 Å². The van der Waals surface area contributed by atoms with E-state index < -0.39 is 0 Å². The third-order valence-corrected chi connectivity index (χ3v) is 5.12. The van der Waals surface area contributed by atoms with Gasteiger partial charge in [-0.2, -0.15) is 0 Å². The van der Waals surface area contributed by atoms with Crippen molar-refractivity contribution in [3.63, 3.8) is 0 Å². The lowest BCUT2D eigenvalue weighted by Gasteiger charge is -2.15. The van der Waals surface area contributed by atoms with Crippen LogP contribution in [0.4, 0.5) is 0 Å². The Hall–Kier alpha value is -3.06. The quantitative estimate of drug-likeness (QED) is 0.607. The second-order valence-electron chi connectivity index (χ2n) is 7.09. The van der Waals surface area contributed by atoms with E-state index in [2.05, 4.69) is 10.1 Å². The maximum atomic E-state index is 11.7. The van der Waals surface area contributed by atoms with Gasteiger partial charge in [0.2, 0.25) is 0 Å². The molecule has 2 heterocycles. The van der Waals surface area contributed by atoms with Crippen LogP contribution in [-0.2, 0) is 17.9 Å². The molecule has 0 aliphatic carbocycles. The van der Waals surface area contributed by atoms with Crippen LogP contribution in [0.15, 0.2) is 40.9 Å². The average Bonchev–Trinajstić information content (AvgIpc) is 3.39. The van der Waals surface area contributed by atoms with Crippen LogP contribution >= 0.6 is 0 Å². The molecule has 1 fully saturated rings. The minimum absolute atomic E-state index is 0.222. The number of nitrogens with zero attached hydrogens (tertiary/aromatic N) is 2. The second kappa shape index (κ2) is 8.53. The average molecular weight is 396 g/mol. The van der Waals surface area contributed by atoms with E-state index in [0.717, 1.165) is 24.0 Å². The molecule has 29 heavy (non-hydrogen) atoms. The number of carbonyl (C=O) groups excluding carboxylic acids is 1. The van der Waals surface area contributed by atoms with Gasteiger partial charge in [0.25, 0.3) is 0 Å². The fraction of sp³-hybridized carbons (Fsp3) is 0.364. The summed E-state index contributed by atoms with van der Waals surface area (Å²) in [5.74, 6) is 0.486. The summed E-state index contributed by atoms with van der Waals surface area (Å²) < 4.78 is 16.3. The van der Waals surface area contributed by atoms with Crippen LogP contribution in [0, 0.1) is 0 Å². The van der Waals surface area contributed by atoms with Crippen LogP contribution in [0.2, 0.25) is 0 Å². The molecule has 0 spiro atoms. The highest BCUT2D eigenvalue weighted by molar-refractivity contribution is 5.89. The smallest absolute Gasteiger partial charge is 0.338 e. The number of phenols is 1. The first-order valence-electron chi connectivity index (χ1n) is 9.87. The van der Waals surface area contributed by atoms with Crippen LogP contribution in [0.3, 0.4) is 0 Å². The van der Waals surface area contributed by atoms with E-state index in [9.17, 15) is 9.90 Å². The van der Waals surface area contributed by atoms with Crippen molar-refractivity contribution in [3.05, 3.63) is 53.2 Å². The monoisotopic (exact) mass is 396 g/mol. The summed E-state index contributed by atoms with van der Waals surface area (Å²) in [6.45, 7) is 5.04. The molecule has 1 aromatic heterocycles. The van der Waals surface area contributed by atoms with Crippen molar-refractivity contribution in [3.8, 4) is 11.5 Å². The van der Waals surface area contributed by atoms with Gasteiger partial charge in [0.05, 0.1) is 17.7 Å². The predicted octanol–water partition coefficient (Wildman–Crippen LogP) is 3.88. The van der Waals surface area contributed by atoms with Crippen LogP contribution in [0.5, 0.6) is 11.5 Å². The summed E-state index contributed by atoms with van der Waals surface area (Å²) in [5.41, 5.74) is 2.51. The van der Waals surface area contributed by atoms with Gasteiger partial charge >= 0.3 is 5.97 Å². The number of rotatable bonds is 7. The van der Waals surface area contributed by atoms with Gasteiger partial charge in [0.1, 0.15) is 23.8 Å². The fourth-order valence-electron chi connectivity index (χ4n) is 3.57. The minimum Gasteiger partial charge on any atom is -0.507 e. The standard InChI is InChI=1S/C22H24N2O5/c1-2-27-22(26)15-5-7-16(8-6-15)28-14-19-17-9-10-20(25)18(21(17)29-23-19)13-24-11-3-4-12-24/h5-10,25H,2-4,11-14H2,1H3. The van der Waals surface area contributed by atoms with Gasteiger partial charge in [-0.05, 0) is 69.3 Å². The van der Waals surface area contributed by atoms with E-state index in [4.69, 9.17) is 14.0 Å². The Kier molecular flexibility index (Phi) is 5.67. The molecule has 0 atom stereocenters. The number of likely N-dealkylation sites (tertiary alicyclic amines) is 1. The molecule has 1 aliphatic heterocycles. The van der Waals surface area contributed by atoms with Crippen LogP contribution in [0.1, 0.15) is 41.4 Å². The Labute approximate surface area is 168 Å². The van der Waals surface area contributed by atoms with Crippen LogP contribution < -0.4 is 4.74 Å². The lowest BCUT2D eigenvalue weighted by Crippen LogP contribution is -2.18. The maximum absolute atomic E-state index is 11.7. The van der Waals surface area contributed by atoms with Crippen LogP contribution in [0.25, 0.3) is 11.0 Å². The van der Waals surface area contributed by atoms with Gasteiger partial charge < -0.3 is 19.1 Å². The third-order valence-electron chi connectivity index (χ3n) is 5.12. The summed E-state index contributed by atoms with van der Waals surface area (Å²) >= 11 is 0. The van der Waals surface area contributed by atoms with Gasteiger partial charge in [0, 0.05) is 11.9 Å². The normalized spacial score (nSPS) is 14.4. The molecule has 0 bridgehead atoms. The Balaban J connectivity index is 1.48. The van der Waals surface area contributed by atoms with Gasteiger partial charge in [0.15, 0.2) is 5.58 Å². The van der Waals surface area contributed by atoms with E-state index in [-0.39, 0.29) is 18.3 Å². The molecule has 0 saturated carbocycles. The molecule has 152 valence electrons. The number of carbonyl (C=O) groups is 1. The number of aromatic hydroxyl groups is 1. The van der Waals surface area contributed by atoms with Crippen molar-refractivity contribution in [1.82, 2.24) is 10.1 Å². The number of ether oxygens (including phenoxy) is 2. The first-order valence-corrected chi connectivity index (χ1v) is 9.87. The van der Waals surface area contributed by atoms with Crippen molar-refractivity contribution < 1.29 is 23.9 Å². The first kappa shape index (κ1) is 19.3. The number of phenolic OH excluding ortho intramolecular Hbond substituents is 1. The number of esters is 1. The molecule has 0 radical (unpaired) electrons. The molecule has 1 aliphatic rings. The highest BCUT2D eigenvalue weighted by Gasteiger charge is 2.20. The molecule has 7 heteroatoms. The molecule has 1 N–H and O–H groups in total. The zero-order valence-corrected chi connectivity index (χ0v) is 16.4. The van der Waals surface area contributed by atoms with E-state index in [1.165, 1.54) is 12.8 Å². The number of fused-ring (bicyclic) bond motifs is 1. The molecule has 0 amide bonds. The predicted molar refractivity (Wildman–Crippen MR) is 107 cm³/mol. The summed E-state index contributed by atoms with van der Waals surface area (Å²) in [4.78, 5) is 14.0. The SMILES string of the molecule is CCOC(=O)c1ccc(OCc2noc3c(CN4CCCC4)c(O)ccc23)cc1. The van der Waals surface area contributed by atoms with E-state index >= 15 is 0 Å². The molecule has 0 unspecified atom stereocenters.